The first kappa shape index (κ1) is 18.3. The first-order chi connectivity index (χ1) is 10.4. The molecule has 0 N–H and O–H groups in total. The number of alkyl halides is 3. The van der Waals surface area contributed by atoms with Crippen molar-refractivity contribution in [2.45, 2.75) is 71.3 Å². The van der Waals surface area contributed by atoms with E-state index in [0.717, 1.165) is 6.07 Å². The standard InChI is InChI=1S/C16H23BF3NO2/c1-7-10(2)12-8-11(9-13(21-12)16(18,19)20)17-22-14(3,4)15(5,6)23-17/h8-10H,7H2,1-6H3. The molecule has 0 bridgehead atoms. The Bertz CT molecular complexity index is 571. The Morgan fingerprint density at radius 1 is 1.13 bits per heavy atom. The van der Waals surface area contributed by atoms with Crippen LogP contribution in [0.25, 0.3) is 0 Å². The molecule has 7 heteroatoms. The fourth-order valence-corrected chi connectivity index (χ4v) is 2.30. The summed E-state index contributed by atoms with van der Waals surface area (Å²) in [5.74, 6) is -0.0709. The van der Waals surface area contributed by atoms with Gasteiger partial charge in [0.25, 0.3) is 0 Å². The molecular formula is C16H23BF3NO2. The van der Waals surface area contributed by atoms with E-state index in [1.54, 1.807) is 6.07 Å². The summed E-state index contributed by atoms with van der Waals surface area (Å²) in [6, 6.07) is 2.68. The van der Waals surface area contributed by atoms with Crippen LogP contribution in [0.5, 0.6) is 0 Å². The number of nitrogens with zero attached hydrogens (tertiary/aromatic N) is 1. The van der Waals surface area contributed by atoms with E-state index in [1.807, 2.05) is 41.5 Å². The van der Waals surface area contributed by atoms with Crippen LogP contribution in [0.3, 0.4) is 0 Å². The van der Waals surface area contributed by atoms with E-state index in [2.05, 4.69) is 4.98 Å². The zero-order chi connectivity index (χ0) is 17.6. The second-order valence-corrected chi connectivity index (χ2v) is 7.11. The fraction of sp³-hybridized carbons (Fsp3) is 0.688. The van der Waals surface area contributed by atoms with Crippen molar-refractivity contribution >= 4 is 12.6 Å². The molecule has 0 aliphatic carbocycles. The van der Waals surface area contributed by atoms with E-state index in [-0.39, 0.29) is 5.92 Å². The third-order valence-corrected chi connectivity index (χ3v) is 4.80. The van der Waals surface area contributed by atoms with Crippen LogP contribution in [0.4, 0.5) is 13.2 Å². The van der Waals surface area contributed by atoms with Crippen molar-refractivity contribution < 1.29 is 22.5 Å². The third-order valence-electron chi connectivity index (χ3n) is 4.80. The van der Waals surface area contributed by atoms with Crippen LogP contribution in [-0.4, -0.2) is 23.3 Å². The summed E-state index contributed by atoms with van der Waals surface area (Å²) in [6.45, 7) is 11.3. The summed E-state index contributed by atoms with van der Waals surface area (Å²) in [6.07, 6.45) is -3.79. The lowest BCUT2D eigenvalue weighted by atomic mass is 9.78. The monoisotopic (exact) mass is 329 g/mol. The number of halogens is 3. The Morgan fingerprint density at radius 2 is 1.65 bits per heavy atom. The highest BCUT2D eigenvalue weighted by Gasteiger charge is 2.52. The van der Waals surface area contributed by atoms with E-state index in [9.17, 15) is 13.2 Å². The van der Waals surface area contributed by atoms with Gasteiger partial charge in [0.15, 0.2) is 0 Å². The minimum Gasteiger partial charge on any atom is -0.399 e. The maximum atomic E-state index is 13.2. The van der Waals surface area contributed by atoms with Gasteiger partial charge in [0.05, 0.1) is 11.2 Å². The van der Waals surface area contributed by atoms with Crippen molar-refractivity contribution in [1.82, 2.24) is 4.98 Å². The molecule has 1 saturated heterocycles. The van der Waals surface area contributed by atoms with Gasteiger partial charge in [-0.05, 0) is 57.6 Å². The van der Waals surface area contributed by atoms with Gasteiger partial charge in [0, 0.05) is 5.69 Å². The lowest BCUT2D eigenvalue weighted by Gasteiger charge is -2.32. The van der Waals surface area contributed by atoms with Crippen molar-refractivity contribution in [1.29, 1.82) is 0 Å². The van der Waals surface area contributed by atoms with E-state index in [1.165, 1.54) is 0 Å². The SMILES string of the molecule is CCC(C)c1cc(B2OC(C)(C)C(C)(C)O2)cc(C(F)(F)F)n1. The lowest BCUT2D eigenvalue weighted by molar-refractivity contribution is -0.141. The van der Waals surface area contributed by atoms with Gasteiger partial charge in [0.2, 0.25) is 0 Å². The lowest BCUT2D eigenvalue weighted by Crippen LogP contribution is -2.41. The van der Waals surface area contributed by atoms with Crippen molar-refractivity contribution in [3.05, 3.63) is 23.5 Å². The van der Waals surface area contributed by atoms with Gasteiger partial charge in [0.1, 0.15) is 5.69 Å². The van der Waals surface area contributed by atoms with Crippen molar-refractivity contribution in [2.75, 3.05) is 0 Å². The average molecular weight is 329 g/mol. The molecule has 0 spiro atoms. The summed E-state index contributed by atoms with van der Waals surface area (Å²) in [7, 11) is -0.827. The summed E-state index contributed by atoms with van der Waals surface area (Å²) in [5.41, 5.74) is -1.33. The van der Waals surface area contributed by atoms with Crippen LogP contribution >= 0.6 is 0 Å². The molecule has 1 unspecified atom stereocenters. The fourth-order valence-electron chi connectivity index (χ4n) is 2.30. The summed E-state index contributed by atoms with van der Waals surface area (Å²) < 4.78 is 51.2. The van der Waals surface area contributed by atoms with Crippen LogP contribution in [-0.2, 0) is 15.5 Å². The second-order valence-electron chi connectivity index (χ2n) is 7.11. The normalized spacial score (nSPS) is 21.5. The van der Waals surface area contributed by atoms with Crippen LogP contribution in [0, 0.1) is 0 Å². The van der Waals surface area contributed by atoms with Crippen LogP contribution in [0.2, 0.25) is 0 Å². The van der Waals surface area contributed by atoms with Gasteiger partial charge in [-0.1, -0.05) is 13.8 Å². The number of aromatic nitrogens is 1. The topological polar surface area (TPSA) is 31.4 Å². The number of pyridine rings is 1. The first-order valence-corrected chi connectivity index (χ1v) is 7.82. The maximum absolute atomic E-state index is 13.2. The van der Waals surface area contributed by atoms with Gasteiger partial charge < -0.3 is 9.31 Å². The predicted octanol–water partition coefficient (Wildman–Crippen LogP) is 3.91. The highest BCUT2D eigenvalue weighted by Crippen LogP contribution is 2.37. The van der Waals surface area contributed by atoms with Gasteiger partial charge in [-0.15, -0.1) is 0 Å². The highest BCUT2D eigenvalue weighted by molar-refractivity contribution is 6.62. The van der Waals surface area contributed by atoms with Gasteiger partial charge in [-0.25, -0.2) is 4.98 Å². The Kier molecular flexibility index (Phi) is 4.59. The Labute approximate surface area is 135 Å². The summed E-state index contributed by atoms with van der Waals surface area (Å²) >= 11 is 0. The Hall–Kier alpha value is -1.08. The second kappa shape index (κ2) is 5.78. The molecule has 3 nitrogen and oxygen atoms in total. The maximum Gasteiger partial charge on any atom is 0.494 e. The molecule has 1 aromatic heterocycles. The highest BCUT2D eigenvalue weighted by atomic mass is 19.4. The molecule has 1 fully saturated rings. The van der Waals surface area contributed by atoms with Gasteiger partial charge in [-0.2, -0.15) is 13.2 Å². The number of hydrogen-bond donors (Lipinski definition) is 0. The molecule has 0 aromatic carbocycles. The van der Waals surface area contributed by atoms with E-state index in [4.69, 9.17) is 9.31 Å². The van der Waals surface area contributed by atoms with Crippen LogP contribution in [0.1, 0.15) is 65.3 Å². The van der Waals surface area contributed by atoms with Gasteiger partial charge >= 0.3 is 13.3 Å². The molecule has 1 aliphatic heterocycles. The third kappa shape index (κ3) is 3.55. The molecule has 1 aliphatic rings. The molecule has 0 amide bonds. The van der Waals surface area contributed by atoms with Crippen LogP contribution < -0.4 is 5.46 Å². The minimum absolute atomic E-state index is 0.0709. The number of rotatable bonds is 3. The van der Waals surface area contributed by atoms with Crippen LogP contribution in [0.15, 0.2) is 12.1 Å². The van der Waals surface area contributed by atoms with Crippen molar-refractivity contribution in [3.63, 3.8) is 0 Å². The molecule has 2 heterocycles. The van der Waals surface area contributed by atoms with Crippen molar-refractivity contribution in [3.8, 4) is 0 Å². The average Bonchev–Trinajstić information content (AvgIpc) is 2.65. The molecule has 1 atom stereocenters. The number of hydrogen-bond acceptors (Lipinski definition) is 3. The summed E-state index contributed by atoms with van der Waals surface area (Å²) in [5, 5.41) is 0. The Morgan fingerprint density at radius 3 is 2.09 bits per heavy atom. The zero-order valence-electron chi connectivity index (χ0n) is 14.4. The largest absolute Gasteiger partial charge is 0.494 e. The van der Waals surface area contributed by atoms with E-state index in [0.29, 0.717) is 17.6 Å². The molecule has 0 radical (unpaired) electrons. The van der Waals surface area contributed by atoms with E-state index >= 15 is 0 Å². The molecule has 2 rings (SSSR count). The predicted molar refractivity (Wildman–Crippen MR) is 83.7 cm³/mol. The smallest absolute Gasteiger partial charge is 0.399 e. The minimum atomic E-state index is -4.50. The molecular weight excluding hydrogens is 306 g/mol. The molecule has 1 aromatic rings. The first-order valence-electron chi connectivity index (χ1n) is 7.82. The van der Waals surface area contributed by atoms with Crippen molar-refractivity contribution in [2.24, 2.45) is 0 Å². The zero-order valence-corrected chi connectivity index (χ0v) is 14.4. The van der Waals surface area contributed by atoms with Gasteiger partial charge in [-0.3, -0.25) is 0 Å². The molecule has 128 valence electrons. The van der Waals surface area contributed by atoms with E-state index < -0.39 is 30.2 Å². The molecule has 23 heavy (non-hydrogen) atoms. The quantitative estimate of drug-likeness (QED) is 0.788. The molecule has 0 saturated carbocycles. The summed E-state index contributed by atoms with van der Waals surface area (Å²) in [4.78, 5) is 3.78. The Balaban J connectivity index is 2.47.